The van der Waals surface area contributed by atoms with Crippen molar-refractivity contribution in [3.05, 3.63) is 22.8 Å². The van der Waals surface area contributed by atoms with Crippen molar-refractivity contribution in [3.63, 3.8) is 0 Å². The van der Waals surface area contributed by atoms with Gasteiger partial charge in [-0.2, -0.15) is 0 Å². The van der Waals surface area contributed by atoms with Crippen LogP contribution in [0.3, 0.4) is 0 Å². The van der Waals surface area contributed by atoms with Gasteiger partial charge >= 0.3 is 0 Å². The number of methoxy groups -OCH3 is 2. The summed E-state index contributed by atoms with van der Waals surface area (Å²) in [7, 11) is 3.24. The third kappa shape index (κ3) is 3.38. The van der Waals surface area contributed by atoms with Gasteiger partial charge in [0, 0.05) is 12.1 Å². The van der Waals surface area contributed by atoms with Crippen molar-refractivity contribution in [1.82, 2.24) is 5.32 Å². The highest BCUT2D eigenvalue weighted by atomic mass is 16.5. The molecular weight excluding hydrogens is 244 g/mol. The molecule has 0 aliphatic carbocycles. The smallest absolute Gasteiger partial charge is 0.236 e. The Morgan fingerprint density at radius 3 is 2.42 bits per heavy atom. The minimum absolute atomic E-state index is 0.195. The zero-order valence-corrected chi connectivity index (χ0v) is 12.2. The summed E-state index contributed by atoms with van der Waals surface area (Å²) < 4.78 is 10.7. The fourth-order valence-electron chi connectivity index (χ4n) is 1.90. The van der Waals surface area contributed by atoms with E-state index in [2.05, 4.69) is 5.32 Å². The van der Waals surface area contributed by atoms with Gasteiger partial charge in [0.2, 0.25) is 5.91 Å². The molecule has 3 N–H and O–H groups in total. The molecule has 0 heterocycles. The van der Waals surface area contributed by atoms with E-state index in [9.17, 15) is 4.79 Å². The Hall–Kier alpha value is -1.75. The Kier molecular flexibility index (Phi) is 5.18. The molecule has 0 aliphatic rings. The lowest BCUT2D eigenvalue weighted by molar-refractivity contribution is -0.122. The molecule has 0 aliphatic heterocycles. The third-order valence-corrected chi connectivity index (χ3v) is 3.16. The number of ether oxygens (including phenoxy) is 2. The summed E-state index contributed by atoms with van der Waals surface area (Å²) in [5, 5.41) is 2.77. The van der Waals surface area contributed by atoms with Crippen LogP contribution >= 0.6 is 0 Å². The maximum absolute atomic E-state index is 11.5. The monoisotopic (exact) mass is 266 g/mol. The number of carbonyl (C=O) groups is 1. The number of benzene rings is 1. The normalized spacial score (nSPS) is 11.9. The SMILES string of the molecule is COc1cc(CNC(=O)C(C)N)c(OC)c(C)c1C. The molecule has 0 spiro atoms. The molecule has 1 amide bonds. The standard InChI is InChI=1S/C14H22N2O3/c1-8-9(2)13(19-5)11(6-12(8)18-4)7-16-14(17)10(3)15/h6,10H,7,15H2,1-5H3,(H,16,17). The number of rotatable bonds is 5. The van der Waals surface area contributed by atoms with Crippen LogP contribution < -0.4 is 20.5 Å². The molecule has 1 atom stereocenters. The fourth-order valence-corrected chi connectivity index (χ4v) is 1.90. The molecule has 0 bridgehead atoms. The summed E-state index contributed by atoms with van der Waals surface area (Å²) in [5.41, 5.74) is 8.42. The second-order valence-corrected chi connectivity index (χ2v) is 4.53. The highest BCUT2D eigenvalue weighted by Gasteiger charge is 2.15. The van der Waals surface area contributed by atoms with Gasteiger partial charge in [-0.15, -0.1) is 0 Å². The van der Waals surface area contributed by atoms with Crippen LogP contribution in [0.25, 0.3) is 0 Å². The van der Waals surface area contributed by atoms with Crippen molar-refractivity contribution in [1.29, 1.82) is 0 Å². The van der Waals surface area contributed by atoms with Gasteiger partial charge in [-0.25, -0.2) is 0 Å². The van der Waals surface area contributed by atoms with Crippen molar-refractivity contribution >= 4 is 5.91 Å². The third-order valence-electron chi connectivity index (χ3n) is 3.16. The molecule has 0 aromatic heterocycles. The summed E-state index contributed by atoms with van der Waals surface area (Å²) in [6, 6.07) is 1.35. The first-order chi connectivity index (χ1) is 8.92. The van der Waals surface area contributed by atoms with Crippen molar-refractivity contribution in [2.45, 2.75) is 33.4 Å². The highest BCUT2D eigenvalue weighted by molar-refractivity contribution is 5.81. The van der Waals surface area contributed by atoms with Crippen LogP contribution in [-0.2, 0) is 11.3 Å². The van der Waals surface area contributed by atoms with E-state index in [1.54, 1.807) is 21.1 Å². The number of nitrogens with one attached hydrogen (secondary N) is 1. The average Bonchev–Trinajstić information content (AvgIpc) is 2.39. The van der Waals surface area contributed by atoms with Crippen molar-refractivity contribution in [2.75, 3.05) is 14.2 Å². The van der Waals surface area contributed by atoms with E-state index in [-0.39, 0.29) is 5.91 Å². The van der Waals surface area contributed by atoms with Crippen molar-refractivity contribution in [2.24, 2.45) is 5.73 Å². The van der Waals surface area contributed by atoms with E-state index in [4.69, 9.17) is 15.2 Å². The maximum atomic E-state index is 11.5. The van der Waals surface area contributed by atoms with Gasteiger partial charge in [-0.1, -0.05) is 0 Å². The second kappa shape index (κ2) is 6.43. The molecule has 0 radical (unpaired) electrons. The molecule has 0 fully saturated rings. The van der Waals surface area contributed by atoms with Gasteiger partial charge in [0.1, 0.15) is 11.5 Å². The Bertz CT molecular complexity index is 470. The molecule has 5 heteroatoms. The molecule has 1 rings (SSSR count). The molecule has 0 saturated carbocycles. The molecular formula is C14H22N2O3. The van der Waals surface area contributed by atoms with Crippen LogP contribution in [0.15, 0.2) is 6.07 Å². The van der Waals surface area contributed by atoms with Crippen LogP contribution in [-0.4, -0.2) is 26.2 Å². The number of hydrogen-bond donors (Lipinski definition) is 2. The van der Waals surface area contributed by atoms with Gasteiger partial charge in [0.15, 0.2) is 0 Å². The molecule has 106 valence electrons. The zero-order chi connectivity index (χ0) is 14.6. The summed E-state index contributed by atoms with van der Waals surface area (Å²) in [6.07, 6.45) is 0. The number of amides is 1. The Morgan fingerprint density at radius 1 is 1.32 bits per heavy atom. The summed E-state index contributed by atoms with van der Waals surface area (Å²) >= 11 is 0. The lowest BCUT2D eigenvalue weighted by Gasteiger charge is -2.17. The first-order valence-corrected chi connectivity index (χ1v) is 6.16. The van der Waals surface area contributed by atoms with Crippen LogP contribution in [0.4, 0.5) is 0 Å². The van der Waals surface area contributed by atoms with Crippen LogP contribution in [0.5, 0.6) is 11.5 Å². The lowest BCUT2D eigenvalue weighted by atomic mass is 10.0. The largest absolute Gasteiger partial charge is 0.496 e. The van der Waals surface area contributed by atoms with Gasteiger partial charge in [0.05, 0.1) is 20.3 Å². The predicted molar refractivity (Wildman–Crippen MR) is 74.5 cm³/mol. The quantitative estimate of drug-likeness (QED) is 0.842. The van der Waals surface area contributed by atoms with E-state index in [1.165, 1.54) is 0 Å². The zero-order valence-electron chi connectivity index (χ0n) is 12.2. The van der Waals surface area contributed by atoms with E-state index >= 15 is 0 Å². The lowest BCUT2D eigenvalue weighted by Crippen LogP contribution is -2.37. The molecule has 1 aromatic carbocycles. The first kappa shape index (κ1) is 15.3. The molecule has 19 heavy (non-hydrogen) atoms. The Balaban J connectivity index is 3.05. The van der Waals surface area contributed by atoms with Crippen LogP contribution in [0, 0.1) is 13.8 Å². The maximum Gasteiger partial charge on any atom is 0.236 e. The fraction of sp³-hybridized carbons (Fsp3) is 0.500. The minimum Gasteiger partial charge on any atom is -0.496 e. The van der Waals surface area contributed by atoms with Gasteiger partial charge in [-0.05, 0) is 38.0 Å². The minimum atomic E-state index is -0.528. The average molecular weight is 266 g/mol. The van der Waals surface area contributed by atoms with Gasteiger partial charge in [-0.3, -0.25) is 4.79 Å². The summed E-state index contributed by atoms with van der Waals surface area (Å²) in [6.45, 7) is 5.95. The second-order valence-electron chi connectivity index (χ2n) is 4.53. The van der Waals surface area contributed by atoms with E-state index in [0.717, 1.165) is 28.2 Å². The Labute approximate surface area is 114 Å². The predicted octanol–water partition coefficient (Wildman–Crippen LogP) is 1.28. The van der Waals surface area contributed by atoms with Crippen molar-refractivity contribution < 1.29 is 14.3 Å². The van der Waals surface area contributed by atoms with Crippen LogP contribution in [0.2, 0.25) is 0 Å². The molecule has 1 aromatic rings. The molecule has 1 unspecified atom stereocenters. The topological polar surface area (TPSA) is 73.6 Å². The van der Waals surface area contributed by atoms with E-state index < -0.39 is 6.04 Å². The van der Waals surface area contributed by atoms with Crippen LogP contribution in [0.1, 0.15) is 23.6 Å². The number of hydrogen-bond acceptors (Lipinski definition) is 4. The molecule has 0 saturated heterocycles. The van der Waals surface area contributed by atoms with Gasteiger partial charge in [0.25, 0.3) is 0 Å². The highest BCUT2D eigenvalue weighted by Crippen LogP contribution is 2.33. The first-order valence-electron chi connectivity index (χ1n) is 6.16. The van der Waals surface area contributed by atoms with Gasteiger partial charge < -0.3 is 20.5 Å². The van der Waals surface area contributed by atoms with E-state index in [1.807, 2.05) is 19.9 Å². The Morgan fingerprint density at radius 2 is 1.95 bits per heavy atom. The molecule has 5 nitrogen and oxygen atoms in total. The van der Waals surface area contributed by atoms with E-state index in [0.29, 0.717) is 6.54 Å². The van der Waals surface area contributed by atoms with Crippen molar-refractivity contribution in [3.8, 4) is 11.5 Å². The summed E-state index contributed by atoms with van der Waals surface area (Å²) in [5.74, 6) is 1.35. The summed E-state index contributed by atoms with van der Waals surface area (Å²) in [4.78, 5) is 11.5. The number of nitrogens with two attached hydrogens (primary N) is 1. The number of carbonyl (C=O) groups excluding carboxylic acids is 1.